The van der Waals surface area contributed by atoms with Gasteiger partial charge < -0.3 is 9.11 Å². The maximum absolute atomic E-state index is 10.5. The summed E-state index contributed by atoms with van der Waals surface area (Å²) in [5, 5.41) is 0. The van der Waals surface area contributed by atoms with E-state index >= 15 is 0 Å². The minimum absolute atomic E-state index is 0. The molecule has 0 aliphatic rings. The summed E-state index contributed by atoms with van der Waals surface area (Å²) in [6.45, 7) is 6.99. The molecule has 2 aromatic rings. The van der Waals surface area contributed by atoms with Gasteiger partial charge in [-0.15, -0.1) is 0 Å². The van der Waals surface area contributed by atoms with Crippen LogP contribution in [-0.2, 0) is 20.2 Å². The Bertz CT molecular complexity index is 836. The Labute approximate surface area is 187 Å². The number of rotatable bonds is 4. The van der Waals surface area contributed by atoms with Gasteiger partial charge in [0.1, 0.15) is 20.2 Å². The molecule has 6 nitrogen and oxygen atoms in total. The van der Waals surface area contributed by atoms with Crippen LogP contribution < -0.4 is 0 Å². The molecule has 0 aliphatic heterocycles. The van der Waals surface area contributed by atoms with E-state index in [-0.39, 0.29) is 58.7 Å². The van der Waals surface area contributed by atoms with E-state index in [4.69, 9.17) is 0 Å². The van der Waals surface area contributed by atoms with Crippen molar-refractivity contribution in [2.45, 2.75) is 9.79 Å². The van der Waals surface area contributed by atoms with Gasteiger partial charge in [-0.05, 0) is 35.4 Å². The van der Waals surface area contributed by atoms with E-state index in [1.807, 2.05) is 0 Å². The van der Waals surface area contributed by atoms with Gasteiger partial charge in [0.25, 0.3) is 0 Å². The summed E-state index contributed by atoms with van der Waals surface area (Å²) in [4.78, 5) is -0.429. The normalized spacial score (nSPS) is 10.6. The van der Waals surface area contributed by atoms with Crippen LogP contribution in [0.2, 0.25) is 0 Å². The van der Waals surface area contributed by atoms with Gasteiger partial charge in [-0.2, -0.15) is 0 Å². The molecule has 0 aromatic heterocycles. The first-order valence-electron chi connectivity index (χ1n) is 6.44. The van der Waals surface area contributed by atoms with Crippen LogP contribution in [0.5, 0.6) is 0 Å². The van der Waals surface area contributed by atoms with Crippen molar-refractivity contribution in [3.05, 3.63) is 72.8 Å². The van der Waals surface area contributed by atoms with Crippen LogP contribution in [0.15, 0.2) is 71.5 Å². The molecule has 2 aromatic carbocycles. The van der Waals surface area contributed by atoms with E-state index in [0.717, 1.165) is 11.1 Å². The molecule has 0 unspecified atom stereocenters. The zero-order chi connectivity index (χ0) is 18.4. The fourth-order valence-corrected chi connectivity index (χ4v) is 2.48. The zero-order valence-corrected chi connectivity index (χ0v) is 19.2. The molecule has 25 heavy (non-hydrogen) atoms. The molecule has 9 heteroatoms. The van der Waals surface area contributed by atoms with Gasteiger partial charge >= 0.3 is 48.9 Å². The van der Waals surface area contributed by atoms with Crippen LogP contribution in [0.4, 0.5) is 0 Å². The molecule has 0 N–H and O–H groups in total. The molecular weight excluding hydrogens is 490 g/mol. The third-order valence-corrected chi connectivity index (χ3v) is 4.51. The summed E-state index contributed by atoms with van der Waals surface area (Å²) < 4.78 is 62.7. The third kappa shape index (κ3) is 8.49. The zero-order valence-electron chi connectivity index (χ0n) is 13.2. The second kappa shape index (κ2) is 10.5. The van der Waals surface area contributed by atoms with Crippen molar-refractivity contribution in [2.75, 3.05) is 0 Å². The van der Waals surface area contributed by atoms with Crippen molar-refractivity contribution >= 4 is 81.3 Å². The van der Waals surface area contributed by atoms with Gasteiger partial charge in [-0.1, -0.05) is 49.6 Å². The summed E-state index contributed by atoms with van der Waals surface area (Å²) in [5.74, 6) is 0. The number of benzene rings is 2. The molecule has 2 rings (SSSR count). The Morgan fingerprint density at radius 3 is 1.04 bits per heavy atom. The molecule has 0 amide bonds. The number of hydrogen-bond acceptors (Lipinski definition) is 6. The van der Waals surface area contributed by atoms with Crippen molar-refractivity contribution < 1.29 is 25.9 Å². The molecule has 0 saturated carbocycles. The summed E-state index contributed by atoms with van der Waals surface area (Å²) in [6.07, 6.45) is 3.14. The van der Waals surface area contributed by atoms with E-state index < -0.39 is 20.2 Å². The molecule has 128 valence electrons. The minimum Gasteiger partial charge on any atom is -0.744 e. The maximum Gasteiger partial charge on any atom is 2.00 e. The van der Waals surface area contributed by atoms with Crippen LogP contribution in [-0.4, -0.2) is 74.8 Å². The molecule has 0 heterocycles. The van der Waals surface area contributed by atoms with Crippen LogP contribution >= 0.6 is 0 Å². The fourth-order valence-electron chi connectivity index (χ4n) is 1.54. The topological polar surface area (TPSA) is 114 Å². The van der Waals surface area contributed by atoms with Crippen LogP contribution in [0.1, 0.15) is 11.1 Å². The van der Waals surface area contributed by atoms with Gasteiger partial charge in [0, 0.05) is 0 Å². The van der Waals surface area contributed by atoms with Gasteiger partial charge in [-0.25, -0.2) is 16.8 Å². The largest absolute Gasteiger partial charge is 2.00 e. The van der Waals surface area contributed by atoms with Crippen LogP contribution in [0.25, 0.3) is 12.2 Å². The smallest absolute Gasteiger partial charge is 0.744 e. The molecular formula is C16H14BaO6S2. The minimum atomic E-state index is -4.31. The molecule has 0 aliphatic carbocycles. The van der Waals surface area contributed by atoms with Crippen molar-refractivity contribution in [3.8, 4) is 0 Å². The molecule has 0 saturated heterocycles. The van der Waals surface area contributed by atoms with Crippen molar-refractivity contribution in [1.29, 1.82) is 0 Å². The number of hydrogen-bond donors (Lipinski definition) is 0. The Morgan fingerprint density at radius 1 is 0.640 bits per heavy atom. The first-order chi connectivity index (χ1) is 11.1. The second-order valence-corrected chi connectivity index (χ2v) is 7.21. The van der Waals surface area contributed by atoms with E-state index in [0.29, 0.717) is 0 Å². The van der Waals surface area contributed by atoms with E-state index in [1.165, 1.54) is 48.5 Å². The fraction of sp³-hybridized carbons (Fsp3) is 0. The predicted molar refractivity (Wildman–Crippen MR) is 94.7 cm³/mol. The average Bonchev–Trinajstić information content (AvgIpc) is 2.54. The SMILES string of the molecule is C=Cc1ccc(S(=O)(=O)[O-])cc1.C=Cc1ccc(S(=O)(=O)[O-])cc1.[Ba+2]. The first-order valence-corrected chi connectivity index (χ1v) is 9.26. The average molecular weight is 504 g/mol. The van der Waals surface area contributed by atoms with E-state index in [1.54, 1.807) is 12.2 Å². The standard InChI is InChI=1S/2C8H8O3S.Ba/c2*1-2-7-3-5-8(6-4-7)12(9,10)11;/h2*2-6H,1H2,(H,9,10,11);/q;;+2/p-2. The molecule has 0 radical (unpaired) electrons. The molecule has 0 atom stereocenters. The van der Waals surface area contributed by atoms with E-state index in [9.17, 15) is 25.9 Å². The predicted octanol–water partition coefficient (Wildman–Crippen LogP) is 2.09. The van der Waals surface area contributed by atoms with Crippen LogP contribution in [0, 0.1) is 0 Å². The first kappa shape index (κ1) is 24.3. The second-order valence-electron chi connectivity index (χ2n) is 4.45. The Morgan fingerprint density at radius 2 is 0.880 bits per heavy atom. The maximum atomic E-state index is 10.5. The van der Waals surface area contributed by atoms with Gasteiger partial charge in [0.15, 0.2) is 0 Å². The molecule has 0 bridgehead atoms. The third-order valence-electron chi connectivity index (χ3n) is 2.81. The Hall–Kier alpha value is -0.689. The van der Waals surface area contributed by atoms with E-state index in [2.05, 4.69) is 13.2 Å². The van der Waals surface area contributed by atoms with Gasteiger partial charge in [0.05, 0.1) is 9.79 Å². The van der Waals surface area contributed by atoms with Crippen molar-refractivity contribution in [1.82, 2.24) is 0 Å². The quantitative estimate of drug-likeness (QED) is 0.466. The van der Waals surface area contributed by atoms with Gasteiger partial charge in [0.2, 0.25) is 0 Å². The van der Waals surface area contributed by atoms with Gasteiger partial charge in [-0.3, -0.25) is 0 Å². The van der Waals surface area contributed by atoms with Crippen molar-refractivity contribution in [3.63, 3.8) is 0 Å². The summed E-state index contributed by atoms with van der Waals surface area (Å²) in [5.41, 5.74) is 1.56. The summed E-state index contributed by atoms with van der Waals surface area (Å²) in [7, 11) is -8.62. The van der Waals surface area contributed by atoms with Crippen molar-refractivity contribution in [2.24, 2.45) is 0 Å². The monoisotopic (exact) mass is 504 g/mol. The molecule has 0 fully saturated rings. The molecule has 0 spiro atoms. The summed E-state index contributed by atoms with van der Waals surface area (Å²) in [6, 6.07) is 11.2. The Balaban J connectivity index is 0.000000443. The summed E-state index contributed by atoms with van der Waals surface area (Å²) >= 11 is 0. The Kier molecular flexibility index (Phi) is 10.2. The van der Waals surface area contributed by atoms with Crippen LogP contribution in [0.3, 0.4) is 0 Å².